The summed E-state index contributed by atoms with van der Waals surface area (Å²) < 4.78 is 5.53. The second-order valence-electron chi connectivity index (χ2n) is 3.17. The Bertz CT molecular complexity index is 517. The van der Waals surface area contributed by atoms with Gasteiger partial charge in [-0.15, -0.1) is 0 Å². The van der Waals surface area contributed by atoms with Crippen LogP contribution < -0.4 is 4.74 Å². The molecule has 16 heavy (non-hydrogen) atoms. The van der Waals surface area contributed by atoms with Crippen molar-refractivity contribution >= 4 is 23.2 Å². The number of benzene rings is 1. The van der Waals surface area contributed by atoms with Gasteiger partial charge in [0.2, 0.25) is 0 Å². The van der Waals surface area contributed by atoms with E-state index in [1.54, 1.807) is 6.07 Å². The fourth-order valence-electron chi connectivity index (χ4n) is 1.19. The molecule has 0 atom stereocenters. The van der Waals surface area contributed by atoms with Gasteiger partial charge in [0.05, 0.1) is 11.2 Å². The van der Waals surface area contributed by atoms with Crippen LogP contribution in [-0.2, 0) is 0 Å². The SMILES string of the molecule is Cc1cccc(Oc2cncnc2Cl)c1Cl. The zero-order valence-corrected chi connectivity index (χ0v) is 9.96. The van der Waals surface area contributed by atoms with Crippen LogP contribution in [0.4, 0.5) is 0 Å². The van der Waals surface area contributed by atoms with E-state index in [0.717, 1.165) is 5.56 Å². The zero-order valence-electron chi connectivity index (χ0n) is 8.45. The van der Waals surface area contributed by atoms with E-state index >= 15 is 0 Å². The lowest BCUT2D eigenvalue weighted by atomic mass is 10.2. The third kappa shape index (κ3) is 2.26. The minimum absolute atomic E-state index is 0.257. The van der Waals surface area contributed by atoms with Crippen LogP contribution in [0.1, 0.15) is 5.56 Å². The molecule has 0 saturated carbocycles. The maximum atomic E-state index is 6.09. The number of rotatable bonds is 2. The van der Waals surface area contributed by atoms with Crippen molar-refractivity contribution in [3.8, 4) is 11.5 Å². The first kappa shape index (κ1) is 11.2. The van der Waals surface area contributed by atoms with E-state index in [4.69, 9.17) is 27.9 Å². The third-order valence-corrected chi connectivity index (χ3v) is 2.78. The number of ether oxygens (including phenoxy) is 1. The molecule has 0 N–H and O–H groups in total. The highest BCUT2D eigenvalue weighted by Crippen LogP contribution is 2.33. The van der Waals surface area contributed by atoms with Crippen LogP contribution in [-0.4, -0.2) is 9.97 Å². The van der Waals surface area contributed by atoms with Crippen molar-refractivity contribution in [2.24, 2.45) is 0 Å². The van der Waals surface area contributed by atoms with Crippen molar-refractivity contribution in [2.45, 2.75) is 6.92 Å². The van der Waals surface area contributed by atoms with Gasteiger partial charge >= 0.3 is 0 Å². The van der Waals surface area contributed by atoms with Crippen LogP contribution in [0.15, 0.2) is 30.7 Å². The minimum Gasteiger partial charge on any atom is -0.451 e. The maximum absolute atomic E-state index is 6.09. The molecule has 5 heteroatoms. The molecule has 0 aliphatic heterocycles. The predicted molar refractivity (Wildman–Crippen MR) is 63.3 cm³/mol. The molecule has 1 aromatic heterocycles. The average Bonchev–Trinajstić information content (AvgIpc) is 2.28. The van der Waals surface area contributed by atoms with Gasteiger partial charge in [-0.1, -0.05) is 35.3 Å². The Labute approximate surface area is 103 Å². The van der Waals surface area contributed by atoms with Crippen molar-refractivity contribution < 1.29 is 4.74 Å². The standard InChI is InChI=1S/C11H8Cl2N2O/c1-7-3-2-4-8(10(7)12)16-9-5-14-6-15-11(9)13/h2-6H,1H3. The normalized spacial score (nSPS) is 10.2. The molecular weight excluding hydrogens is 247 g/mol. The van der Waals surface area contributed by atoms with Gasteiger partial charge in [0, 0.05) is 0 Å². The van der Waals surface area contributed by atoms with Crippen LogP contribution in [0, 0.1) is 6.92 Å². The summed E-state index contributed by atoms with van der Waals surface area (Å²) in [4.78, 5) is 7.64. The molecule has 1 heterocycles. The lowest BCUT2D eigenvalue weighted by Gasteiger charge is -2.08. The van der Waals surface area contributed by atoms with Crippen LogP contribution >= 0.6 is 23.2 Å². The Balaban J connectivity index is 2.35. The van der Waals surface area contributed by atoms with Gasteiger partial charge in [-0.3, -0.25) is 0 Å². The largest absolute Gasteiger partial charge is 0.451 e. The number of hydrogen-bond donors (Lipinski definition) is 0. The number of hydrogen-bond acceptors (Lipinski definition) is 3. The summed E-state index contributed by atoms with van der Waals surface area (Å²) in [5, 5.41) is 0.815. The van der Waals surface area contributed by atoms with E-state index in [0.29, 0.717) is 16.5 Å². The lowest BCUT2D eigenvalue weighted by molar-refractivity contribution is 0.477. The molecule has 1 aromatic carbocycles. The van der Waals surface area contributed by atoms with Crippen molar-refractivity contribution in [1.29, 1.82) is 0 Å². The Kier molecular flexibility index (Phi) is 3.27. The highest BCUT2D eigenvalue weighted by atomic mass is 35.5. The van der Waals surface area contributed by atoms with E-state index in [1.807, 2.05) is 19.1 Å². The Hall–Kier alpha value is -1.32. The molecule has 0 aliphatic rings. The topological polar surface area (TPSA) is 35.0 Å². The van der Waals surface area contributed by atoms with Gasteiger partial charge in [0.1, 0.15) is 12.1 Å². The molecule has 82 valence electrons. The fraction of sp³-hybridized carbons (Fsp3) is 0.0909. The van der Waals surface area contributed by atoms with Crippen molar-refractivity contribution in [2.75, 3.05) is 0 Å². The molecule has 0 unspecified atom stereocenters. The first-order valence-corrected chi connectivity index (χ1v) is 5.32. The van der Waals surface area contributed by atoms with Gasteiger partial charge in [0.25, 0.3) is 0 Å². The Morgan fingerprint density at radius 1 is 1.19 bits per heavy atom. The molecular formula is C11H8Cl2N2O. The molecule has 0 spiro atoms. The predicted octanol–water partition coefficient (Wildman–Crippen LogP) is 3.88. The molecule has 0 saturated heterocycles. The van der Waals surface area contributed by atoms with E-state index in [1.165, 1.54) is 12.5 Å². The van der Waals surface area contributed by atoms with E-state index in [9.17, 15) is 0 Å². The molecule has 2 rings (SSSR count). The summed E-state index contributed by atoms with van der Waals surface area (Å²) in [5.41, 5.74) is 0.937. The van der Waals surface area contributed by atoms with Crippen molar-refractivity contribution in [3.63, 3.8) is 0 Å². The quantitative estimate of drug-likeness (QED) is 0.763. The molecule has 0 fully saturated rings. The van der Waals surface area contributed by atoms with E-state index in [2.05, 4.69) is 9.97 Å². The van der Waals surface area contributed by atoms with Crippen LogP contribution in [0.2, 0.25) is 10.2 Å². The van der Waals surface area contributed by atoms with Gasteiger partial charge in [-0.05, 0) is 18.6 Å². The van der Waals surface area contributed by atoms with E-state index < -0.39 is 0 Å². The highest BCUT2D eigenvalue weighted by Gasteiger charge is 2.08. The minimum atomic E-state index is 0.257. The fourth-order valence-corrected chi connectivity index (χ4v) is 1.48. The summed E-state index contributed by atoms with van der Waals surface area (Å²) in [6.07, 6.45) is 2.85. The molecule has 3 nitrogen and oxygen atoms in total. The van der Waals surface area contributed by atoms with Gasteiger partial charge in [-0.2, -0.15) is 0 Å². The van der Waals surface area contributed by atoms with Crippen molar-refractivity contribution in [3.05, 3.63) is 46.5 Å². The Morgan fingerprint density at radius 2 is 2.00 bits per heavy atom. The Morgan fingerprint density at radius 3 is 2.75 bits per heavy atom. The van der Waals surface area contributed by atoms with Gasteiger partial charge in [-0.25, -0.2) is 9.97 Å². The summed E-state index contributed by atoms with van der Waals surface area (Å²) in [6.45, 7) is 1.90. The molecule has 2 aromatic rings. The maximum Gasteiger partial charge on any atom is 0.183 e. The number of nitrogens with zero attached hydrogens (tertiary/aromatic N) is 2. The second-order valence-corrected chi connectivity index (χ2v) is 3.90. The lowest BCUT2D eigenvalue weighted by Crippen LogP contribution is -1.90. The average molecular weight is 255 g/mol. The summed E-state index contributed by atoms with van der Waals surface area (Å²) >= 11 is 11.9. The monoisotopic (exact) mass is 254 g/mol. The third-order valence-electron chi connectivity index (χ3n) is 2.01. The van der Waals surface area contributed by atoms with Crippen LogP contribution in [0.3, 0.4) is 0 Å². The summed E-state index contributed by atoms with van der Waals surface area (Å²) in [7, 11) is 0. The van der Waals surface area contributed by atoms with Gasteiger partial charge < -0.3 is 4.74 Å². The number of halogens is 2. The van der Waals surface area contributed by atoms with E-state index in [-0.39, 0.29) is 5.15 Å². The summed E-state index contributed by atoms with van der Waals surface area (Å²) in [5.74, 6) is 0.926. The van der Waals surface area contributed by atoms with Crippen LogP contribution in [0.25, 0.3) is 0 Å². The van der Waals surface area contributed by atoms with Crippen LogP contribution in [0.5, 0.6) is 11.5 Å². The summed E-state index contributed by atoms with van der Waals surface area (Å²) in [6, 6.07) is 5.52. The first-order valence-electron chi connectivity index (χ1n) is 4.57. The highest BCUT2D eigenvalue weighted by molar-refractivity contribution is 6.33. The zero-order chi connectivity index (χ0) is 11.5. The second kappa shape index (κ2) is 4.68. The molecule has 0 bridgehead atoms. The number of aryl methyl sites for hydroxylation is 1. The molecule has 0 radical (unpaired) electrons. The van der Waals surface area contributed by atoms with Gasteiger partial charge in [0.15, 0.2) is 10.9 Å². The first-order chi connectivity index (χ1) is 7.68. The number of aromatic nitrogens is 2. The smallest absolute Gasteiger partial charge is 0.183 e. The molecule has 0 aliphatic carbocycles. The van der Waals surface area contributed by atoms with Crippen molar-refractivity contribution in [1.82, 2.24) is 9.97 Å². The molecule has 0 amide bonds.